The van der Waals surface area contributed by atoms with Crippen LogP contribution >= 0.6 is 0 Å². The lowest BCUT2D eigenvalue weighted by Crippen LogP contribution is -2.37. The highest BCUT2D eigenvalue weighted by Crippen LogP contribution is 2.28. The van der Waals surface area contributed by atoms with Crippen LogP contribution in [0.3, 0.4) is 0 Å². The van der Waals surface area contributed by atoms with E-state index in [9.17, 15) is 14.4 Å². The number of nitrogens with one attached hydrogen (secondary N) is 2. The van der Waals surface area contributed by atoms with E-state index < -0.39 is 11.8 Å². The molecule has 1 heterocycles. The molecule has 0 radical (unpaired) electrons. The number of ether oxygens (including phenoxy) is 2. The van der Waals surface area contributed by atoms with E-state index in [4.69, 9.17) is 9.47 Å². The number of carbonyl (C=O) groups excluding carboxylic acids is 3. The Labute approximate surface area is 164 Å². The zero-order chi connectivity index (χ0) is 20.4. The molecule has 0 atom stereocenters. The molecule has 1 aromatic rings. The molecule has 9 heteroatoms. The Balaban J connectivity index is 1.97. The van der Waals surface area contributed by atoms with E-state index in [-0.39, 0.29) is 12.5 Å². The van der Waals surface area contributed by atoms with Crippen LogP contribution in [-0.4, -0.2) is 61.7 Å². The zero-order valence-electron chi connectivity index (χ0n) is 16.2. The normalized spacial score (nSPS) is 13.4. The van der Waals surface area contributed by atoms with E-state index in [0.29, 0.717) is 30.2 Å². The molecule has 0 spiro atoms. The van der Waals surface area contributed by atoms with Gasteiger partial charge in [0.25, 0.3) is 5.91 Å². The molecule has 9 nitrogen and oxygen atoms in total. The molecule has 0 bridgehead atoms. The Morgan fingerprint density at radius 2 is 1.86 bits per heavy atom. The van der Waals surface area contributed by atoms with Crippen LogP contribution in [0.2, 0.25) is 0 Å². The largest absolute Gasteiger partial charge is 0.490 e. The van der Waals surface area contributed by atoms with Gasteiger partial charge < -0.3 is 19.7 Å². The number of amides is 3. The van der Waals surface area contributed by atoms with Crippen molar-refractivity contribution in [1.29, 1.82) is 0 Å². The third-order valence-corrected chi connectivity index (χ3v) is 4.00. The highest BCUT2D eigenvalue weighted by molar-refractivity contribution is 6.35. The Hall–Kier alpha value is -3.10. The molecule has 0 saturated carbocycles. The second-order valence-electron chi connectivity index (χ2n) is 6.07. The molecule has 1 aliphatic rings. The topological polar surface area (TPSA) is 109 Å². The molecular formula is C19H26N4O5. The Kier molecular flexibility index (Phi) is 8.26. The van der Waals surface area contributed by atoms with Crippen molar-refractivity contribution in [3.05, 3.63) is 23.8 Å². The number of hydrogen-bond donors (Lipinski definition) is 2. The van der Waals surface area contributed by atoms with Gasteiger partial charge in [-0.2, -0.15) is 5.10 Å². The first kappa shape index (κ1) is 21.2. The summed E-state index contributed by atoms with van der Waals surface area (Å²) in [4.78, 5) is 36.7. The van der Waals surface area contributed by atoms with Gasteiger partial charge >= 0.3 is 11.8 Å². The highest BCUT2D eigenvalue weighted by atomic mass is 16.5. The monoisotopic (exact) mass is 390 g/mol. The van der Waals surface area contributed by atoms with Crippen LogP contribution in [0.15, 0.2) is 23.3 Å². The van der Waals surface area contributed by atoms with Crippen molar-refractivity contribution in [2.75, 3.05) is 32.8 Å². The fourth-order valence-electron chi connectivity index (χ4n) is 2.65. The van der Waals surface area contributed by atoms with Crippen molar-refractivity contribution in [1.82, 2.24) is 15.6 Å². The predicted octanol–water partition coefficient (Wildman–Crippen LogP) is 0.673. The minimum absolute atomic E-state index is 0.0429. The van der Waals surface area contributed by atoms with Crippen LogP contribution < -0.4 is 20.2 Å². The van der Waals surface area contributed by atoms with Gasteiger partial charge in [-0.05, 0) is 50.5 Å². The number of hydrazone groups is 1. The summed E-state index contributed by atoms with van der Waals surface area (Å²) in [7, 11) is 0. The molecule has 2 rings (SSSR count). The van der Waals surface area contributed by atoms with Crippen LogP contribution in [0.25, 0.3) is 0 Å². The van der Waals surface area contributed by atoms with Gasteiger partial charge in [0, 0.05) is 19.6 Å². The lowest BCUT2D eigenvalue weighted by atomic mass is 10.2. The quantitative estimate of drug-likeness (QED) is 0.385. The Bertz CT molecular complexity index is 729. The number of carbonyl (C=O) groups is 3. The molecular weight excluding hydrogens is 364 g/mol. The van der Waals surface area contributed by atoms with Gasteiger partial charge in [-0.15, -0.1) is 0 Å². The fourth-order valence-corrected chi connectivity index (χ4v) is 2.65. The van der Waals surface area contributed by atoms with Gasteiger partial charge in [0.1, 0.15) is 0 Å². The standard InChI is InChI=1S/C19H26N4O5/c1-3-20-18(25)19(26)22-21-12-14-7-8-15(16(11-14)27-4-2)28-13-17(24)23-9-5-6-10-23/h7-8,11-12H,3-6,9-10,13H2,1-2H3,(H,20,25)(H,22,26)/b21-12-. The minimum atomic E-state index is -0.844. The van der Waals surface area contributed by atoms with Gasteiger partial charge in [-0.1, -0.05) is 0 Å². The summed E-state index contributed by atoms with van der Waals surface area (Å²) in [6, 6.07) is 5.07. The first-order valence-corrected chi connectivity index (χ1v) is 9.33. The van der Waals surface area contributed by atoms with E-state index in [0.717, 1.165) is 25.9 Å². The number of nitrogens with zero attached hydrogens (tertiary/aromatic N) is 2. The van der Waals surface area contributed by atoms with Crippen molar-refractivity contribution < 1.29 is 23.9 Å². The Morgan fingerprint density at radius 1 is 1.11 bits per heavy atom. The van der Waals surface area contributed by atoms with Crippen molar-refractivity contribution in [3.63, 3.8) is 0 Å². The number of rotatable bonds is 8. The van der Waals surface area contributed by atoms with Gasteiger partial charge in [0.15, 0.2) is 18.1 Å². The maximum atomic E-state index is 12.1. The van der Waals surface area contributed by atoms with E-state index >= 15 is 0 Å². The number of likely N-dealkylation sites (tertiary alicyclic amines) is 1. The van der Waals surface area contributed by atoms with E-state index in [1.165, 1.54) is 6.21 Å². The van der Waals surface area contributed by atoms with Gasteiger partial charge in [0.05, 0.1) is 12.8 Å². The first-order chi connectivity index (χ1) is 13.5. The summed E-state index contributed by atoms with van der Waals surface area (Å²) in [6.07, 6.45) is 3.44. The summed E-state index contributed by atoms with van der Waals surface area (Å²) in [5, 5.41) is 6.14. The molecule has 1 saturated heterocycles. The third-order valence-electron chi connectivity index (χ3n) is 4.00. The van der Waals surface area contributed by atoms with Crippen LogP contribution in [0.1, 0.15) is 32.3 Å². The van der Waals surface area contributed by atoms with Crippen LogP contribution in [0.5, 0.6) is 11.5 Å². The van der Waals surface area contributed by atoms with Gasteiger partial charge in [0.2, 0.25) is 0 Å². The molecule has 1 aliphatic heterocycles. The minimum Gasteiger partial charge on any atom is -0.490 e. The maximum Gasteiger partial charge on any atom is 0.329 e. The average molecular weight is 390 g/mol. The SMILES string of the molecule is CCNC(=O)C(=O)N/N=C\c1ccc(OCC(=O)N2CCCC2)c(OCC)c1. The fraction of sp³-hybridized carbons (Fsp3) is 0.474. The highest BCUT2D eigenvalue weighted by Gasteiger charge is 2.19. The van der Waals surface area contributed by atoms with Crippen LogP contribution in [0.4, 0.5) is 0 Å². The first-order valence-electron chi connectivity index (χ1n) is 9.33. The number of hydrogen-bond acceptors (Lipinski definition) is 6. The molecule has 0 aromatic heterocycles. The molecule has 1 fully saturated rings. The van der Waals surface area contributed by atoms with Crippen LogP contribution in [-0.2, 0) is 14.4 Å². The second-order valence-corrected chi connectivity index (χ2v) is 6.07. The van der Waals surface area contributed by atoms with Gasteiger partial charge in [-0.3, -0.25) is 14.4 Å². The third kappa shape index (κ3) is 6.26. The molecule has 28 heavy (non-hydrogen) atoms. The smallest absolute Gasteiger partial charge is 0.329 e. The van der Waals surface area contributed by atoms with Gasteiger partial charge in [-0.25, -0.2) is 5.43 Å². The summed E-state index contributed by atoms with van der Waals surface area (Å²) in [6.45, 7) is 5.84. The number of likely N-dealkylation sites (N-methyl/N-ethyl adjacent to an activating group) is 1. The zero-order valence-corrected chi connectivity index (χ0v) is 16.2. The van der Waals surface area contributed by atoms with Crippen molar-refractivity contribution >= 4 is 23.9 Å². The predicted molar refractivity (Wildman–Crippen MR) is 103 cm³/mol. The summed E-state index contributed by atoms with van der Waals surface area (Å²) < 4.78 is 11.2. The lowest BCUT2D eigenvalue weighted by Gasteiger charge is -2.17. The molecule has 2 N–H and O–H groups in total. The average Bonchev–Trinajstić information content (AvgIpc) is 3.22. The van der Waals surface area contributed by atoms with Crippen molar-refractivity contribution in [3.8, 4) is 11.5 Å². The molecule has 152 valence electrons. The molecule has 0 aliphatic carbocycles. The van der Waals surface area contributed by atoms with E-state index in [2.05, 4.69) is 15.8 Å². The van der Waals surface area contributed by atoms with Crippen LogP contribution in [0, 0.1) is 0 Å². The van der Waals surface area contributed by atoms with E-state index in [1.54, 1.807) is 30.0 Å². The number of benzene rings is 1. The summed E-state index contributed by atoms with van der Waals surface area (Å²) in [5.74, 6) is -0.711. The molecule has 0 unspecified atom stereocenters. The van der Waals surface area contributed by atoms with Crippen molar-refractivity contribution in [2.24, 2.45) is 5.10 Å². The molecule has 1 aromatic carbocycles. The van der Waals surface area contributed by atoms with E-state index in [1.807, 2.05) is 6.92 Å². The Morgan fingerprint density at radius 3 is 2.54 bits per heavy atom. The lowest BCUT2D eigenvalue weighted by molar-refractivity contribution is -0.139. The maximum absolute atomic E-state index is 12.1. The summed E-state index contributed by atoms with van der Waals surface area (Å²) in [5.41, 5.74) is 2.79. The molecule has 3 amide bonds. The van der Waals surface area contributed by atoms with Crippen molar-refractivity contribution in [2.45, 2.75) is 26.7 Å². The summed E-state index contributed by atoms with van der Waals surface area (Å²) >= 11 is 0. The second kappa shape index (κ2) is 10.9.